The Morgan fingerprint density at radius 3 is 2.52 bits per heavy atom. The second-order valence-electron chi connectivity index (χ2n) is 5.11. The summed E-state index contributed by atoms with van der Waals surface area (Å²) in [5.41, 5.74) is 3.66. The van der Waals surface area contributed by atoms with Crippen molar-refractivity contribution in [3.05, 3.63) is 57.5 Å². The first-order chi connectivity index (χ1) is 10.1. The van der Waals surface area contributed by atoms with E-state index < -0.39 is 0 Å². The van der Waals surface area contributed by atoms with Crippen LogP contribution >= 0.6 is 0 Å². The number of nitrogens with zero attached hydrogens (tertiary/aromatic N) is 2. The summed E-state index contributed by atoms with van der Waals surface area (Å²) in [5, 5.41) is 0. The maximum absolute atomic E-state index is 12.3. The number of aryl methyl sites for hydroxylation is 1. The molecule has 0 unspecified atom stereocenters. The van der Waals surface area contributed by atoms with Gasteiger partial charge in [-0.2, -0.15) is 4.98 Å². The van der Waals surface area contributed by atoms with Gasteiger partial charge in [-0.25, -0.2) is 0 Å². The molecule has 21 heavy (non-hydrogen) atoms. The van der Waals surface area contributed by atoms with Crippen LogP contribution in [0.15, 0.2) is 35.1 Å². The van der Waals surface area contributed by atoms with Crippen molar-refractivity contribution < 1.29 is 0 Å². The first-order valence-electron chi connectivity index (χ1n) is 7.44. The van der Waals surface area contributed by atoms with Crippen molar-refractivity contribution in [1.82, 2.24) is 9.55 Å². The van der Waals surface area contributed by atoms with E-state index >= 15 is 0 Å². The van der Waals surface area contributed by atoms with Crippen LogP contribution in [-0.2, 0) is 6.54 Å². The summed E-state index contributed by atoms with van der Waals surface area (Å²) >= 11 is 0. The average molecular weight is 282 g/mol. The third-order valence-corrected chi connectivity index (χ3v) is 3.71. The molecule has 110 valence electrons. The van der Waals surface area contributed by atoms with E-state index in [9.17, 15) is 4.79 Å². The highest BCUT2D eigenvalue weighted by molar-refractivity contribution is 5.62. The van der Waals surface area contributed by atoms with E-state index in [-0.39, 0.29) is 5.56 Å². The van der Waals surface area contributed by atoms with Gasteiger partial charge in [0, 0.05) is 17.8 Å². The van der Waals surface area contributed by atoms with Crippen molar-refractivity contribution in [3.63, 3.8) is 0 Å². The van der Waals surface area contributed by atoms with Crippen LogP contribution in [0.25, 0.3) is 17.5 Å². The SMILES string of the molecule is CC/C=C\c1c(C)n(CC)c(-c2ccccc2C)nc1=O. The largest absolute Gasteiger partial charge is 0.329 e. The molecule has 3 nitrogen and oxygen atoms in total. The summed E-state index contributed by atoms with van der Waals surface area (Å²) in [4.78, 5) is 16.7. The van der Waals surface area contributed by atoms with Crippen LogP contribution in [0.1, 0.15) is 37.1 Å². The van der Waals surface area contributed by atoms with Crippen molar-refractivity contribution in [3.8, 4) is 11.4 Å². The Morgan fingerprint density at radius 2 is 1.90 bits per heavy atom. The van der Waals surface area contributed by atoms with Crippen molar-refractivity contribution >= 4 is 6.08 Å². The lowest BCUT2D eigenvalue weighted by Crippen LogP contribution is -2.21. The van der Waals surface area contributed by atoms with E-state index in [1.54, 1.807) is 0 Å². The van der Waals surface area contributed by atoms with Crippen molar-refractivity contribution in [2.24, 2.45) is 0 Å². The molecule has 0 saturated carbocycles. The fourth-order valence-electron chi connectivity index (χ4n) is 2.52. The van der Waals surface area contributed by atoms with E-state index in [0.717, 1.165) is 35.6 Å². The Morgan fingerprint density at radius 1 is 1.19 bits per heavy atom. The van der Waals surface area contributed by atoms with Crippen LogP contribution in [0, 0.1) is 13.8 Å². The zero-order valence-corrected chi connectivity index (χ0v) is 13.2. The van der Waals surface area contributed by atoms with Gasteiger partial charge in [0.05, 0.1) is 5.56 Å². The number of rotatable bonds is 4. The van der Waals surface area contributed by atoms with Crippen LogP contribution in [0.2, 0.25) is 0 Å². The standard InChI is InChI=1S/C18H22N2O/c1-5-7-11-16-14(4)20(6-2)17(19-18(16)21)15-12-9-8-10-13(15)3/h7-12H,5-6H2,1-4H3/b11-7-. The second-order valence-corrected chi connectivity index (χ2v) is 5.11. The molecule has 0 amide bonds. The van der Waals surface area contributed by atoms with Crippen molar-refractivity contribution in [2.45, 2.75) is 40.7 Å². The number of allylic oxidation sites excluding steroid dienone is 1. The maximum Gasteiger partial charge on any atom is 0.280 e. The molecular formula is C18H22N2O. The Kier molecular flexibility index (Phi) is 4.73. The van der Waals surface area contributed by atoms with Gasteiger partial charge in [0.1, 0.15) is 5.82 Å². The molecule has 2 rings (SSSR count). The molecule has 1 aromatic carbocycles. The molecule has 1 heterocycles. The quantitative estimate of drug-likeness (QED) is 0.850. The molecular weight excluding hydrogens is 260 g/mol. The van der Waals surface area contributed by atoms with E-state index in [4.69, 9.17) is 0 Å². The Hall–Kier alpha value is -2.16. The minimum Gasteiger partial charge on any atom is -0.329 e. The monoisotopic (exact) mass is 282 g/mol. The number of hydrogen-bond acceptors (Lipinski definition) is 2. The second kappa shape index (κ2) is 6.53. The van der Waals surface area contributed by atoms with Gasteiger partial charge >= 0.3 is 0 Å². The summed E-state index contributed by atoms with van der Waals surface area (Å²) in [6.45, 7) is 8.95. The molecule has 0 saturated heterocycles. The van der Waals surface area contributed by atoms with Gasteiger partial charge in [-0.05, 0) is 32.8 Å². The van der Waals surface area contributed by atoms with Gasteiger partial charge in [-0.3, -0.25) is 4.79 Å². The van der Waals surface area contributed by atoms with Gasteiger partial charge in [0.15, 0.2) is 0 Å². The van der Waals surface area contributed by atoms with Gasteiger partial charge in [-0.1, -0.05) is 43.3 Å². The summed E-state index contributed by atoms with van der Waals surface area (Å²) in [7, 11) is 0. The van der Waals surface area contributed by atoms with Gasteiger partial charge in [0.2, 0.25) is 0 Å². The van der Waals surface area contributed by atoms with Gasteiger partial charge in [0.25, 0.3) is 5.56 Å². The minimum absolute atomic E-state index is 0.153. The summed E-state index contributed by atoms with van der Waals surface area (Å²) < 4.78 is 2.11. The van der Waals surface area contributed by atoms with E-state index in [1.807, 2.05) is 50.3 Å². The fourth-order valence-corrected chi connectivity index (χ4v) is 2.52. The van der Waals surface area contributed by atoms with Gasteiger partial charge in [-0.15, -0.1) is 0 Å². The topological polar surface area (TPSA) is 34.9 Å². The van der Waals surface area contributed by atoms with E-state index in [1.165, 1.54) is 0 Å². The minimum atomic E-state index is -0.153. The smallest absolute Gasteiger partial charge is 0.280 e. The molecule has 0 bridgehead atoms. The molecule has 2 aromatic rings. The molecule has 0 aliphatic heterocycles. The number of benzene rings is 1. The normalized spacial score (nSPS) is 11.2. The third-order valence-electron chi connectivity index (χ3n) is 3.71. The number of aromatic nitrogens is 2. The van der Waals surface area contributed by atoms with E-state index in [2.05, 4.69) is 23.4 Å². The zero-order chi connectivity index (χ0) is 15.4. The third kappa shape index (κ3) is 2.97. The highest BCUT2D eigenvalue weighted by Gasteiger charge is 2.13. The molecule has 3 heteroatoms. The molecule has 0 N–H and O–H groups in total. The van der Waals surface area contributed by atoms with Crippen molar-refractivity contribution in [2.75, 3.05) is 0 Å². The number of hydrogen-bond donors (Lipinski definition) is 0. The molecule has 0 spiro atoms. The lowest BCUT2D eigenvalue weighted by atomic mass is 10.1. The van der Waals surface area contributed by atoms with Crippen LogP contribution in [0.5, 0.6) is 0 Å². The highest BCUT2D eigenvalue weighted by atomic mass is 16.1. The van der Waals surface area contributed by atoms with Crippen LogP contribution in [0.3, 0.4) is 0 Å². The van der Waals surface area contributed by atoms with Gasteiger partial charge < -0.3 is 4.57 Å². The predicted molar refractivity (Wildman–Crippen MR) is 88.4 cm³/mol. The molecule has 0 radical (unpaired) electrons. The Bertz CT molecular complexity index is 726. The summed E-state index contributed by atoms with van der Waals surface area (Å²) in [6.07, 6.45) is 4.79. The lowest BCUT2D eigenvalue weighted by Gasteiger charge is -2.17. The lowest BCUT2D eigenvalue weighted by molar-refractivity contribution is 0.711. The summed E-state index contributed by atoms with van der Waals surface area (Å²) in [6, 6.07) is 8.04. The van der Waals surface area contributed by atoms with Crippen molar-refractivity contribution in [1.29, 1.82) is 0 Å². The van der Waals surface area contributed by atoms with Crippen LogP contribution in [-0.4, -0.2) is 9.55 Å². The van der Waals surface area contributed by atoms with Crippen LogP contribution in [0.4, 0.5) is 0 Å². The molecule has 0 aliphatic rings. The van der Waals surface area contributed by atoms with E-state index in [0.29, 0.717) is 5.56 Å². The van der Waals surface area contributed by atoms with Crippen LogP contribution < -0.4 is 5.56 Å². The predicted octanol–water partition coefficient (Wildman–Crippen LogP) is 3.97. The highest BCUT2D eigenvalue weighted by Crippen LogP contribution is 2.22. The maximum atomic E-state index is 12.3. The molecule has 0 aliphatic carbocycles. The Labute approximate surface area is 126 Å². The Balaban J connectivity index is 2.73. The molecule has 0 atom stereocenters. The zero-order valence-electron chi connectivity index (χ0n) is 13.2. The first kappa shape index (κ1) is 15.2. The molecule has 1 aromatic heterocycles. The fraction of sp³-hybridized carbons (Fsp3) is 0.333. The average Bonchev–Trinajstić information content (AvgIpc) is 2.47. The first-order valence-corrected chi connectivity index (χ1v) is 7.44. The summed E-state index contributed by atoms with van der Waals surface area (Å²) in [5.74, 6) is 0.756. The molecule has 0 fully saturated rings.